The van der Waals surface area contributed by atoms with Crippen LogP contribution in [0.25, 0.3) is 0 Å². The van der Waals surface area contributed by atoms with Gasteiger partial charge in [0.2, 0.25) is 0 Å². The van der Waals surface area contributed by atoms with Crippen molar-refractivity contribution in [3.8, 4) is 0 Å². The third kappa shape index (κ3) is 4.71. The van der Waals surface area contributed by atoms with Gasteiger partial charge in [-0.05, 0) is 36.6 Å². The summed E-state index contributed by atoms with van der Waals surface area (Å²) >= 11 is 0. The monoisotopic (exact) mass is 389 g/mol. The highest BCUT2D eigenvalue weighted by Gasteiger charge is 2.28. The SMILES string of the molecule is CN(Cc1ccccc1)C(=O)c1cn[nH]c1[C@H]1CCCN(Cc2cccnc2)C1. The third-order valence-corrected chi connectivity index (χ3v) is 5.55. The van der Waals surface area contributed by atoms with E-state index in [0.29, 0.717) is 12.1 Å². The van der Waals surface area contributed by atoms with E-state index in [1.54, 1.807) is 17.3 Å². The second-order valence-corrected chi connectivity index (χ2v) is 7.78. The predicted octanol–water partition coefficient (Wildman–Crippen LogP) is 3.46. The van der Waals surface area contributed by atoms with Gasteiger partial charge >= 0.3 is 0 Å². The Bertz CT molecular complexity index is 925. The molecule has 0 unspecified atom stereocenters. The van der Waals surface area contributed by atoms with Crippen LogP contribution in [0.3, 0.4) is 0 Å². The summed E-state index contributed by atoms with van der Waals surface area (Å²) in [7, 11) is 1.85. The number of hydrogen-bond donors (Lipinski definition) is 1. The molecule has 6 nitrogen and oxygen atoms in total. The molecule has 1 fully saturated rings. The summed E-state index contributed by atoms with van der Waals surface area (Å²) in [5.74, 6) is 0.300. The van der Waals surface area contributed by atoms with Crippen molar-refractivity contribution < 1.29 is 4.79 Å². The number of nitrogens with one attached hydrogen (secondary N) is 1. The lowest BCUT2D eigenvalue weighted by Gasteiger charge is -2.32. The number of nitrogens with zero attached hydrogens (tertiary/aromatic N) is 4. The fourth-order valence-corrected chi connectivity index (χ4v) is 4.10. The molecule has 0 bridgehead atoms. The van der Waals surface area contributed by atoms with E-state index < -0.39 is 0 Å². The highest BCUT2D eigenvalue weighted by atomic mass is 16.2. The molecule has 3 aromatic rings. The number of H-pyrrole nitrogens is 1. The van der Waals surface area contributed by atoms with Gasteiger partial charge in [-0.1, -0.05) is 36.4 Å². The number of carbonyl (C=O) groups excluding carboxylic acids is 1. The van der Waals surface area contributed by atoms with E-state index in [2.05, 4.69) is 26.1 Å². The topological polar surface area (TPSA) is 65.1 Å². The van der Waals surface area contributed by atoms with Crippen molar-refractivity contribution in [3.05, 3.63) is 83.4 Å². The minimum absolute atomic E-state index is 0.0157. The number of benzene rings is 1. The Kier molecular flexibility index (Phi) is 6.00. The first kappa shape index (κ1) is 19.3. The minimum atomic E-state index is 0.0157. The number of carbonyl (C=O) groups is 1. The van der Waals surface area contributed by atoms with Crippen molar-refractivity contribution in [1.82, 2.24) is 25.0 Å². The molecular formula is C23H27N5O. The average Bonchev–Trinajstić information content (AvgIpc) is 3.25. The van der Waals surface area contributed by atoms with Crippen LogP contribution in [0.15, 0.2) is 61.1 Å². The summed E-state index contributed by atoms with van der Waals surface area (Å²) in [5.41, 5.74) is 3.99. The lowest BCUT2D eigenvalue weighted by atomic mass is 9.92. The van der Waals surface area contributed by atoms with E-state index in [1.807, 2.05) is 49.6 Å². The van der Waals surface area contributed by atoms with Gasteiger partial charge < -0.3 is 4.90 Å². The van der Waals surface area contributed by atoms with Gasteiger partial charge in [-0.3, -0.25) is 19.8 Å². The van der Waals surface area contributed by atoms with Gasteiger partial charge in [0.1, 0.15) is 0 Å². The minimum Gasteiger partial charge on any atom is -0.337 e. The van der Waals surface area contributed by atoms with E-state index in [1.165, 1.54) is 5.56 Å². The van der Waals surface area contributed by atoms with Crippen LogP contribution in [-0.4, -0.2) is 51.0 Å². The summed E-state index contributed by atoms with van der Waals surface area (Å²) in [6.07, 6.45) is 7.58. The lowest BCUT2D eigenvalue weighted by molar-refractivity contribution is 0.0782. The summed E-state index contributed by atoms with van der Waals surface area (Å²) in [5, 5.41) is 7.34. The van der Waals surface area contributed by atoms with Crippen molar-refractivity contribution in [2.24, 2.45) is 0 Å². The highest BCUT2D eigenvalue weighted by molar-refractivity contribution is 5.95. The van der Waals surface area contributed by atoms with Crippen molar-refractivity contribution in [3.63, 3.8) is 0 Å². The van der Waals surface area contributed by atoms with Gasteiger partial charge in [-0.2, -0.15) is 5.10 Å². The molecule has 29 heavy (non-hydrogen) atoms. The van der Waals surface area contributed by atoms with Gasteiger partial charge in [0.15, 0.2) is 0 Å². The Labute approximate surface area is 171 Å². The zero-order valence-electron chi connectivity index (χ0n) is 16.8. The van der Waals surface area contributed by atoms with Crippen LogP contribution < -0.4 is 0 Å². The first-order valence-corrected chi connectivity index (χ1v) is 10.1. The number of pyridine rings is 1. The van der Waals surface area contributed by atoms with Gasteiger partial charge in [0, 0.05) is 45.0 Å². The Morgan fingerprint density at radius 3 is 2.79 bits per heavy atom. The summed E-state index contributed by atoms with van der Waals surface area (Å²) in [6.45, 7) is 3.45. The molecule has 2 aromatic heterocycles. The van der Waals surface area contributed by atoms with Crippen LogP contribution in [0.5, 0.6) is 0 Å². The lowest BCUT2D eigenvalue weighted by Crippen LogP contribution is -2.35. The zero-order chi connectivity index (χ0) is 20.1. The van der Waals surface area contributed by atoms with Crippen LogP contribution in [0.1, 0.15) is 45.9 Å². The molecule has 1 N–H and O–H groups in total. The molecule has 1 aromatic carbocycles. The molecule has 1 aliphatic heterocycles. The van der Waals surface area contributed by atoms with E-state index in [-0.39, 0.29) is 11.8 Å². The number of aromatic amines is 1. The molecule has 150 valence electrons. The molecule has 1 amide bonds. The Balaban J connectivity index is 1.44. The van der Waals surface area contributed by atoms with Crippen LogP contribution in [-0.2, 0) is 13.1 Å². The van der Waals surface area contributed by atoms with Crippen LogP contribution in [0, 0.1) is 0 Å². The second-order valence-electron chi connectivity index (χ2n) is 7.78. The first-order valence-electron chi connectivity index (χ1n) is 10.1. The molecule has 1 atom stereocenters. The van der Waals surface area contributed by atoms with Gasteiger partial charge in [-0.15, -0.1) is 0 Å². The van der Waals surface area contributed by atoms with E-state index in [0.717, 1.165) is 43.7 Å². The van der Waals surface area contributed by atoms with Gasteiger partial charge in [0.05, 0.1) is 17.5 Å². The summed E-state index contributed by atoms with van der Waals surface area (Å²) < 4.78 is 0. The Morgan fingerprint density at radius 1 is 1.17 bits per heavy atom. The average molecular weight is 390 g/mol. The van der Waals surface area contributed by atoms with Crippen molar-refractivity contribution in [2.45, 2.75) is 31.8 Å². The number of likely N-dealkylation sites (tertiary alicyclic amines) is 1. The number of aromatic nitrogens is 3. The molecule has 0 spiro atoms. The molecule has 1 aliphatic rings. The van der Waals surface area contributed by atoms with Crippen LogP contribution in [0.4, 0.5) is 0 Å². The first-order chi connectivity index (χ1) is 14.2. The smallest absolute Gasteiger partial charge is 0.257 e. The molecule has 1 saturated heterocycles. The molecule has 4 rings (SSSR count). The largest absolute Gasteiger partial charge is 0.337 e. The number of hydrogen-bond acceptors (Lipinski definition) is 4. The van der Waals surface area contributed by atoms with Crippen LogP contribution >= 0.6 is 0 Å². The molecule has 6 heteroatoms. The molecule has 3 heterocycles. The fraction of sp³-hybridized carbons (Fsp3) is 0.348. The van der Waals surface area contributed by atoms with Crippen molar-refractivity contribution >= 4 is 5.91 Å². The normalized spacial score (nSPS) is 17.2. The molecule has 0 aliphatic carbocycles. The Morgan fingerprint density at radius 2 is 2.00 bits per heavy atom. The fourth-order valence-electron chi connectivity index (χ4n) is 4.10. The van der Waals surface area contributed by atoms with E-state index >= 15 is 0 Å². The molecule has 0 saturated carbocycles. The zero-order valence-corrected chi connectivity index (χ0v) is 16.8. The van der Waals surface area contributed by atoms with E-state index in [9.17, 15) is 4.79 Å². The molecular weight excluding hydrogens is 362 g/mol. The quantitative estimate of drug-likeness (QED) is 0.701. The maximum atomic E-state index is 13.1. The van der Waals surface area contributed by atoms with Gasteiger partial charge in [0.25, 0.3) is 5.91 Å². The van der Waals surface area contributed by atoms with Crippen molar-refractivity contribution in [1.29, 1.82) is 0 Å². The number of amides is 1. The van der Waals surface area contributed by atoms with E-state index in [4.69, 9.17) is 0 Å². The Hall–Kier alpha value is -2.99. The van der Waals surface area contributed by atoms with Crippen molar-refractivity contribution in [2.75, 3.05) is 20.1 Å². The second kappa shape index (κ2) is 9.01. The number of rotatable bonds is 6. The van der Waals surface area contributed by atoms with Crippen LogP contribution in [0.2, 0.25) is 0 Å². The number of piperidine rings is 1. The summed E-state index contributed by atoms with van der Waals surface area (Å²) in [4.78, 5) is 21.5. The maximum absolute atomic E-state index is 13.1. The van der Waals surface area contributed by atoms with Gasteiger partial charge in [-0.25, -0.2) is 0 Å². The standard InChI is InChI=1S/C23H27N5O/c1-27(15-18-7-3-2-4-8-18)23(29)21-14-25-26-22(21)20-10-6-12-28(17-20)16-19-9-5-11-24-13-19/h2-5,7-9,11,13-14,20H,6,10,12,15-17H2,1H3,(H,25,26)/t20-/m0/s1. The predicted molar refractivity (Wildman–Crippen MR) is 112 cm³/mol. The summed E-state index contributed by atoms with van der Waals surface area (Å²) in [6, 6.07) is 14.1. The third-order valence-electron chi connectivity index (χ3n) is 5.55. The highest BCUT2D eigenvalue weighted by Crippen LogP contribution is 2.29. The maximum Gasteiger partial charge on any atom is 0.257 e. The molecule has 0 radical (unpaired) electrons.